The number of rotatable bonds is 5. The first-order valence-corrected chi connectivity index (χ1v) is 8.19. The minimum absolute atomic E-state index is 0.0191. The van der Waals surface area contributed by atoms with Crippen molar-refractivity contribution in [2.24, 2.45) is 0 Å². The fraction of sp³-hybridized carbons (Fsp3) is 0.158. The van der Waals surface area contributed by atoms with Gasteiger partial charge in [0.1, 0.15) is 11.5 Å². The minimum atomic E-state index is -1.96. The largest absolute Gasteiger partial charge is 0.508 e. The summed E-state index contributed by atoms with van der Waals surface area (Å²) in [7, 11) is 1.53. The highest BCUT2D eigenvalue weighted by Gasteiger charge is 2.36. The van der Waals surface area contributed by atoms with Crippen LogP contribution in [0, 0.1) is 10.1 Å². The van der Waals surface area contributed by atoms with E-state index < -0.39 is 28.5 Å². The molecule has 3 N–H and O–H groups in total. The fourth-order valence-corrected chi connectivity index (χ4v) is 2.87. The SMILES string of the molecule is COc1ccc(CNC(=O)C2=C(O)C(O)C(=O)c3cc([N+](=O)[O-])ccc32)cc1. The molecule has 0 aliphatic heterocycles. The van der Waals surface area contributed by atoms with Crippen molar-refractivity contribution in [3.8, 4) is 5.75 Å². The second-order valence-corrected chi connectivity index (χ2v) is 6.04. The van der Waals surface area contributed by atoms with Crippen LogP contribution in [0.5, 0.6) is 5.75 Å². The van der Waals surface area contributed by atoms with Gasteiger partial charge in [-0.15, -0.1) is 0 Å². The van der Waals surface area contributed by atoms with E-state index in [4.69, 9.17) is 4.74 Å². The Balaban J connectivity index is 1.90. The number of benzene rings is 2. The van der Waals surface area contributed by atoms with Crippen LogP contribution in [0.15, 0.2) is 48.2 Å². The van der Waals surface area contributed by atoms with Crippen LogP contribution in [0.25, 0.3) is 5.57 Å². The number of hydrogen-bond acceptors (Lipinski definition) is 7. The maximum Gasteiger partial charge on any atom is 0.270 e. The van der Waals surface area contributed by atoms with Gasteiger partial charge in [0.25, 0.3) is 11.6 Å². The van der Waals surface area contributed by atoms with Crippen molar-refractivity contribution in [3.63, 3.8) is 0 Å². The molecule has 2 aromatic rings. The summed E-state index contributed by atoms with van der Waals surface area (Å²) in [5, 5.41) is 33.7. The van der Waals surface area contributed by atoms with Crippen LogP contribution in [0.4, 0.5) is 5.69 Å². The summed E-state index contributed by atoms with van der Waals surface area (Å²) in [6, 6.07) is 10.2. The van der Waals surface area contributed by atoms with E-state index in [0.717, 1.165) is 17.7 Å². The topological polar surface area (TPSA) is 139 Å². The van der Waals surface area contributed by atoms with Gasteiger partial charge >= 0.3 is 0 Å². The Hall–Kier alpha value is -3.72. The number of Topliss-reactive ketones (excluding diaryl/α,β-unsaturated/α-hetero) is 1. The van der Waals surface area contributed by atoms with Gasteiger partial charge < -0.3 is 20.3 Å². The molecule has 0 spiro atoms. The lowest BCUT2D eigenvalue weighted by molar-refractivity contribution is -0.384. The number of nitro groups is 1. The van der Waals surface area contributed by atoms with Crippen LogP contribution >= 0.6 is 0 Å². The molecule has 1 aliphatic rings. The van der Waals surface area contributed by atoms with Gasteiger partial charge in [-0.2, -0.15) is 0 Å². The zero-order valence-electron chi connectivity index (χ0n) is 14.7. The van der Waals surface area contributed by atoms with Gasteiger partial charge in [-0.25, -0.2) is 0 Å². The Morgan fingerprint density at radius 3 is 2.50 bits per heavy atom. The number of aliphatic hydroxyl groups excluding tert-OH is 2. The van der Waals surface area contributed by atoms with E-state index in [-0.39, 0.29) is 28.9 Å². The van der Waals surface area contributed by atoms with E-state index in [2.05, 4.69) is 5.32 Å². The zero-order valence-corrected chi connectivity index (χ0v) is 14.7. The second kappa shape index (κ2) is 7.49. The molecular formula is C19H16N2O7. The number of amides is 1. The van der Waals surface area contributed by atoms with E-state index in [1.807, 2.05) is 0 Å². The minimum Gasteiger partial charge on any atom is -0.508 e. The Morgan fingerprint density at radius 1 is 1.21 bits per heavy atom. The molecule has 1 atom stereocenters. The number of non-ortho nitro benzene ring substituents is 1. The van der Waals surface area contributed by atoms with Crippen molar-refractivity contribution in [1.29, 1.82) is 0 Å². The van der Waals surface area contributed by atoms with E-state index in [9.17, 15) is 29.9 Å². The number of carbonyl (C=O) groups excluding carboxylic acids is 2. The molecule has 1 aliphatic carbocycles. The van der Waals surface area contributed by atoms with E-state index >= 15 is 0 Å². The first-order chi connectivity index (χ1) is 13.3. The Kier molecular flexibility index (Phi) is 5.10. The molecular weight excluding hydrogens is 368 g/mol. The Labute approximate surface area is 159 Å². The van der Waals surface area contributed by atoms with Gasteiger partial charge in [-0.1, -0.05) is 12.1 Å². The van der Waals surface area contributed by atoms with Gasteiger partial charge in [0.2, 0.25) is 0 Å². The van der Waals surface area contributed by atoms with Crippen molar-refractivity contribution in [2.75, 3.05) is 7.11 Å². The number of nitro benzene ring substituents is 1. The van der Waals surface area contributed by atoms with Crippen molar-refractivity contribution < 1.29 is 29.5 Å². The maximum atomic E-state index is 12.6. The summed E-state index contributed by atoms with van der Waals surface area (Å²) in [5.41, 5.74) is -0.0884. The van der Waals surface area contributed by atoms with Crippen LogP contribution in [0.1, 0.15) is 21.5 Å². The van der Waals surface area contributed by atoms with Gasteiger partial charge in [0, 0.05) is 29.8 Å². The predicted molar refractivity (Wildman–Crippen MR) is 97.8 cm³/mol. The quantitative estimate of drug-likeness (QED) is 0.527. The summed E-state index contributed by atoms with van der Waals surface area (Å²) < 4.78 is 5.06. The van der Waals surface area contributed by atoms with Crippen LogP contribution in [-0.4, -0.2) is 40.0 Å². The van der Waals surface area contributed by atoms with Crippen molar-refractivity contribution >= 4 is 23.0 Å². The fourth-order valence-electron chi connectivity index (χ4n) is 2.87. The summed E-state index contributed by atoms with van der Waals surface area (Å²) in [6.45, 7) is 0.117. The molecule has 0 fully saturated rings. The molecule has 9 heteroatoms. The van der Waals surface area contributed by atoms with Crippen LogP contribution in [-0.2, 0) is 11.3 Å². The third-order valence-corrected chi connectivity index (χ3v) is 4.35. The molecule has 1 amide bonds. The number of fused-ring (bicyclic) bond motifs is 1. The average Bonchev–Trinajstić information content (AvgIpc) is 2.70. The van der Waals surface area contributed by atoms with Crippen molar-refractivity contribution in [1.82, 2.24) is 5.32 Å². The summed E-state index contributed by atoms with van der Waals surface area (Å²) in [6.07, 6.45) is -1.96. The lowest BCUT2D eigenvalue weighted by Gasteiger charge is -2.22. The Bertz CT molecular complexity index is 996. The smallest absolute Gasteiger partial charge is 0.270 e. The molecule has 9 nitrogen and oxygen atoms in total. The third-order valence-electron chi connectivity index (χ3n) is 4.35. The molecule has 28 heavy (non-hydrogen) atoms. The lowest BCUT2D eigenvalue weighted by atomic mass is 9.86. The van der Waals surface area contributed by atoms with Gasteiger partial charge in [-0.3, -0.25) is 19.7 Å². The monoisotopic (exact) mass is 384 g/mol. The first kappa shape index (κ1) is 19.1. The second-order valence-electron chi connectivity index (χ2n) is 6.04. The van der Waals surface area contributed by atoms with Crippen LogP contribution < -0.4 is 10.1 Å². The normalized spacial score (nSPS) is 15.8. The number of nitrogens with one attached hydrogen (secondary N) is 1. The van der Waals surface area contributed by atoms with Crippen LogP contribution in [0.3, 0.4) is 0 Å². The molecule has 144 valence electrons. The lowest BCUT2D eigenvalue weighted by Crippen LogP contribution is -2.34. The molecule has 0 aromatic heterocycles. The van der Waals surface area contributed by atoms with Crippen LogP contribution in [0.2, 0.25) is 0 Å². The number of aliphatic hydroxyl groups is 2. The highest BCUT2D eigenvalue weighted by Crippen LogP contribution is 2.33. The summed E-state index contributed by atoms with van der Waals surface area (Å²) in [5.74, 6) is -1.78. The predicted octanol–water partition coefficient (Wildman–Crippen LogP) is 1.75. The third kappa shape index (κ3) is 3.42. The molecule has 0 radical (unpaired) electrons. The molecule has 1 unspecified atom stereocenters. The van der Waals surface area contributed by atoms with Gasteiger partial charge in [-0.05, 0) is 23.8 Å². The molecule has 3 rings (SSSR count). The number of ether oxygens (including phenoxy) is 1. The van der Waals surface area contributed by atoms with E-state index in [1.165, 1.54) is 13.2 Å². The average molecular weight is 384 g/mol. The van der Waals surface area contributed by atoms with Gasteiger partial charge in [0.05, 0.1) is 17.6 Å². The number of ketones is 1. The standard InChI is InChI=1S/C19H16N2O7/c1-28-12-5-2-10(3-6-12)9-20-19(25)15-13-7-4-11(21(26)27)8-14(13)16(22)18(24)17(15)23/h2-8,18,23-24H,9H2,1H3,(H,20,25). The number of carbonyl (C=O) groups is 2. The highest BCUT2D eigenvalue weighted by molar-refractivity contribution is 6.26. The zero-order chi connectivity index (χ0) is 20.4. The Morgan fingerprint density at radius 2 is 1.89 bits per heavy atom. The highest BCUT2D eigenvalue weighted by atomic mass is 16.6. The van der Waals surface area contributed by atoms with E-state index in [1.54, 1.807) is 24.3 Å². The summed E-state index contributed by atoms with van der Waals surface area (Å²) in [4.78, 5) is 35.1. The molecule has 2 aromatic carbocycles. The molecule has 0 heterocycles. The first-order valence-electron chi connectivity index (χ1n) is 8.19. The maximum absolute atomic E-state index is 12.6. The van der Waals surface area contributed by atoms with Crippen molar-refractivity contribution in [2.45, 2.75) is 12.6 Å². The number of hydrogen-bond donors (Lipinski definition) is 3. The molecule has 0 bridgehead atoms. The van der Waals surface area contributed by atoms with Gasteiger partial charge in [0.15, 0.2) is 11.9 Å². The van der Waals surface area contributed by atoms with Crippen molar-refractivity contribution in [3.05, 3.63) is 75.0 Å². The van der Waals surface area contributed by atoms with E-state index in [0.29, 0.717) is 5.75 Å². The number of nitrogens with zero attached hydrogens (tertiary/aromatic N) is 1. The summed E-state index contributed by atoms with van der Waals surface area (Å²) >= 11 is 0. The number of methoxy groups -OCH3 is 1. The molecule has 0 saturated heterocycles. The molecule has 0 saturated carbocycles.